The Labute approximate surface area is 120 Å². The minimum Gasteiger partial charge on any atom is -0.385 e. The van der Waals surface area contributed by atoms with Gasteiger partial charge in [-0.15, -0.1) is 0 Å². The van der Waals surface area contributed by atoms with Gasteiger partial charge in [-0.2, -0.15) is 0 Å². The lowest BCUT2D eigenvalue weighted by molar-refractivity contribution is 0.0571. The Morgan fingerprint density at radius 2 is 2.05 bits per heavy atom. The molecule has 0 radical (unpaired) electrons. The second kappa shape index (κ2) is 5.83. The lowest BCUT2D eigenvalue weighted by Gasteiger charge is -2.37. The molecule has 1 aromatic carbocycles. The molecule has 1 unspecified atom stereocenters. The highest BCUT2D eigenvalue weighted by atomic mass is 16.2. The first-order valence-electron chi connectivity index (χ1n) is 7.65. The number of benzene rings is 1. The molecule has 1 aromatic rings. The molecule has 0 spiro atoms. The third-order valence-corrected chi connectivity index (χ3v) is 4.39. The highest BCUT2D eigenvalue weighted by molar-refractivity contribution is 5.94. The fraction of sp³-hybridized carbons (Fsp3) is 0.562. The number of hydrogen-bond donors (Lipinski definition) is 1. The van der Waals surface area contributed by atoms with Gasteiger partial charge in [0.05, 0.1) is 0 Å². The quantitative estimate of drug-likeness (QED) is 0.915. The van der Waals surface area contributed by atoms with Crippen molar-refractivity contribution < 1.29 is 4.79 Å². The summed E-state index contributed by atoms with van der Waals surface area (Å²) in [4.78, 5) is 17.1. The number of amides is 1. The molecule has 108 valence electrons. The minimum absolute atomic E-state index is 0.180. The Bertz CT molecular complexity index is 471. The van der Waals surface area contributed by atoms with E-state index in [9.17, 15) is 4.79 Å². The van der Waals surface area contributed by atoms with E-state index in [4.69, 9.17) is 0 Å². The molecule has 2 aliphatic rings. The normalized spacial score (nSPS) is 22.6. The maximum atomic E-state index is 12.5. The number of carbonyl (C=O) groups is 1. The van der Waals surface area contributed by atoms with Gasteiger partial charge in [0.2, 0.25) is 0 Å². The molecule has 0 saturated carbocycles. The topological polar surface area (TPSA) is 35.6 Å². The average Bonchev–Trinajstić information content (AvgIpc) is 2.95. The summed E-state index contributed by atoms with van der Waals surface area (Å²) in [5.74, 6) is 0.180. The van der Waals surface area contributed by atoms with Gasteiger partial charge in [-0.25, -0.2) is 0 Å². The number of nitrogens with zero attached hydrogens (tertiary/aromatic N) is 2. The molecule has 4 heteroatoms. The fourth-order valence-electron chi connectivity index (χ4n) is 3.29. The first-order valence-corrected chi connectivity index (χ1v) is 7.65. The molecule has 0 aliphatic carbocycles. The molecule has 0 bridgehead atoms. The Balaban J connectivity index is 1.66. The molecule has 3 rings (SSSR count). The molecule has 1 N–H and O–H groups in total. The zero-order valence-electron chi connectivity index (χ0n) is 12.1. The Kier molecular flexibility index (Phi) is 3.92. The van der Waals surface area contributed by atoms with Crippen molar-refractivity contribution in [1.82, 2.24) is 9.80 Å². The van der Waals surface area contributed by atoms with Gasteiger partial charge in [-0.05, 0) is 50.6 Å². The first kappa shape index (κ1) is 13.4. The monoisotopic (exact) mass is 273 g/mol. The van der Waals surface area contributed by atoms with Crippen molar-refractivity contribution in [3.63, 3.8) is 0 Å². The predicted molar refractivity (Wildman–Crippen MR) is 81.1 cm³/mol. The highest BCUT2D eigenvalue weighted by Gasteiger charge is 2.32. The summed E-state index contributed by atoms with van der Waals surface area (Å²) in [5, 5.41) is 3.25. The van der Waals surface area contributed by atoms with Crippen molar-refractivity contribution in [2.24, 2.45) is 0 Å². The number of fused-ring (bicyclic) bond motifs is 1. The molecule has 2 aliphatic heterocycles. The van der Waals surface area contributed by atoms with Crippen LogP contribution in [-0.2, 0) is 0 Å². The van der Waals surface area contributed by atoms with Crippen molar-refractivity contribution in [2.45, 2.75) is 25.8 Å². The van der Waals surface area contributed by atoms with E-state index in [2.05, 4.69) is 17.1 Å². The summed E-state index contributed by atoms with van der Waals surface area (Å²) >= 11 is 0. The van der Waals surface area contributed by atoms with E-state index in [1.165, 1.54) is 19.4 Å². The smallest absolute Gasteiger partial charge is 0.253 e. The van der Waals surface area contributed by atoms with E-state index in [1.807, 2.05) is 29.2 Å². The molecule has 2 fully saturated rings. The fourth-order valence-corrected chi connectivity index (χ4v) is 3.29. The number of carbonyl (C=O) groups excluding carboxylic acids is 1. The van der Waals surface area contributed by atoms with Gasteiger partial charge in [0, 0.05) is 43.5 Å². The summed E-state index contributed by atoms with van der Waals surface area (Å²) in [6, 6.07) is 8.43. The van der Waals surface area contributed by atoms with Crippen LogP contribution in [0.25, 0.3) is 0 Å². The maximum Gasteiger partial charge on any atom is 0.253 e. The number of piperazine rings is 1. The summed E-state index contributed by atoms with van der Waals surface area (Å²) in [5.41, 5.74) is 1.88. The third kappa shape index (κ3) is 2.66. The third-order valence-electron chi connectivity index (χ3n) is 4.39. The van der Waals surface area contributed by atoms with Gasteiger partial charge in [0.1, 0.15) is 0 Å². The van der Waals surface area contributed by atoms with E-state index in [-0.39, 0.29) is 5.91 Å². The van der Waals surface area contributed by atoms with Gasteiger partial charge in [0.15, 0.2) is 0 Å². The van der Waals surface area contributed by atoms with Crippen molar-refractivity contribution in [3.05, 3.63) is 29.8 Å². The molecule has 0 aromatic heterocycles. The van der Waals surface area contributed by atoms with Crippen molar-refractivity contribution in [1.29, 1.82) is 0 Å². The number of nitrogens with one attached hydrogen (secondary N) is 1. The van der Waals surface area contributed by atoms with Crippen LogP contribution >= 0.6 is 0 Å². The molecule has 2 heterocycles. The lowest BCUT2D eigenvalue weighted by Crippen LogP contribution is -2.52. The van der Waals surface area contributed by atoms with Crippen LogP contribution in [-0.4, -0.2) is 54.5 Å². The average molecular weight is 273 g/mol. The molecular weight excluding hydrogens is 250 g/mol. The molecular formula is C16H23N3O. The van der Waals surface area contributed by atoms with Crippen molar-refractivity contribution in [3.8, 4) is 0 Å². The van der Waals surface area contributed by atoms with Crippen molar-refractivity contribution in [2.75, 3.05) is 38.0 Å². The molecule has 2 saturated heterocycles. The van der Waals surface area contributed by atoms with E-state index in [0.717, 1.165) is 37.4 Å². The van der Waals surface area contributed by atoms with Gasteiger partial charge in [0.25, 0.3) is 5.91 Å². The zero-order valence-corrected chi connectivity index (χ0v) is 12.1. The SMILES string of the molecule is CCNc1ccc(C(=O)N2CCN3CCCC3C2)cc1. The van der Waals surface area contributed by atoms with Crippen LogP contribution in [0.5, 0.6) is 0 Å². The summed E-state index contributed by atoms with van der Waals surface area (Å²) in [7, 11) is 0. The lowest BCUT2D eigenvalue weighted by atomic mass is 10.1. The van der Waals surface area contributed by atoms with E-state index in [1.54, 1.807) is 0 Å². The van der Waals surface area contributed by atoms with Crippen molar-refractivity contribution >= 4 is 11.6 Å². The second-order valence-electron chi connectivity index (χ2n) is 5.69. The summed E-state index contributed by atoms with van der Waals surface area (Å²) < 4.78 is 0. The first-order chi connectivity index (χ1) is 9.78. The summed E-state index contributed by atoms with van der Waals surface area (Å²) in [6.45, 7) is 6.98. The van der Waals surface area contributed by atoms with Crippen LogP contribution < -0.4 is 5.32 Å². The minimum atomic E-state index is 0.180. The van der Waals surface area contributed by atoms with Crippen LogP contribution in [0.3, 0.4) is 0 Å². The largest absolute Gasteiger partial charge is 0.385 e. The van der Waals surface area contributed by atoms with Gasteiger partial charge < -0.3 is 10.2 Å². The molecule has 20 heavy (non-hydrogen) atoms. The van der Waals surface area contributed by atoms with Gasteiger partial charge in [-0.1, -0.05) is 0 Å². The Morgan fingerprint density at radius 1 is 1.25 bits per heavy atom. The van der Waals surface area contributed by atoms with Gasteiger partial charge in [-0.3, -0.25) is 9.69 Å². The standard InChI is InChI=1S/C16H23N3O/c1-2-17-14-7-5-13(6-8-14)16(20)19-11-10-18-9-3-4-15(18)12-19/h5-8,15,17H,2-4,9-12H2,1H3. The van der Waals surface area contributed by atoms with Gasteiger partial charge >= 0.3 is 0 Å². The van der Waals surface area contributed by atoms with Crippen LogP contribution in [0.1, 0.15) is 30.1 Å². The van der Waals surface area contributed by atoms with E-state index < -0.39 is 0 Å². The molecule has 1 amide bonds. The Hall–Kier alpha value is -1.55. The van der Waals surface area contributed by atoms with E-state index in [0.29, 0.717) is 6.04 Å². The van der Waals surface area contributed by atoms with Crippen LogP contribution in [0.2, 0.25) is 0 Å². The maximum absolute atomic E-state index is 12.5. The number of rotatable bonds is 3. The van der Waals surface area contributed by atoms with Crippen LogP contribution in [0, 0.1) is 0 Å². The van der Waals surface area contributed by atoms with Crippen LogP contribution in [0.15, 0.2) is 24.3 Å². The number of anilines is 1. The second-order valence-corrected chi connectivity index (χ2v) is 5.69. The van der Waals surface area contributed by atoms with Crippen LogP contribution in [0.4, 0.5) is 5.69 Å². The molecule has 4 nitrogen and oxygen atoms in total. The van der Waals surface area contributed by atoms with E-state index >= 15 is 0 Å². The highest BCUT2D eigenvalue weighted by Crippen LogP contribution is 2.22. The predicted octanol–water partition coefficient (Wildman–Crippen LogP) is 2.04. The number of hydrogen-bond acceptors (Lipinski definition) is 3. The zero-order chi connectivity index (χ0) is 13.9. The summed E-state index contributed by atoms with van der Waals surface area (Å²) in [6.07, 6.45) is 2.52. The Morgan fingerprint density at radius 3 is 2.80 bits per heavy atom. The molecule has 1 atom stereocenters.